The molecule has 2 unspecified atom stereocenters. The zero-order valence-electron chi connectivity index (χ0n) is 8.12. The maximum atomic E-state index is 11.1. The molecule has 0 spiro atoms. The van der Waals surface area contributed by atoms with Crippen molar-refractivity contribution in [2.24, 2.45) is 0 Å². The van der Waals surface area contributed by atoms with E-state index in [9.17, 15) is 9.59 Å². The summed E-state index contributed by atoms with van der Waals surface area (Å²) >= 11 is 0. The van der Waals surface area contributed by atoms with Crippen LogP contribution in [0.4, 0.5) is 9.59 Å². The summed E-state index contributed by atoms with van der Waals surface area (Å²) in [6.07, 6.45) is 0.220. The highest BCUT2D eigenvalue weighted by Gasteiger charge is 2.24. The predicted octanol–water partition coefficient (Wildman–Crippen LogP) is -1.21. The Morgan fingerprint density at radius 1 is 1.00 bits per heavy atom. The molecule has 0 radical (unpaired) electrons. The third-order valence-corrected chi connectivity index (χ3v) is 2.01. The van der Waals surface area contributed by atoms with E-state index in [-0.39, 0.29) is 12.2 Å². The first kappa shape index (κ1) is 10.2. The van der Waals surface area contributed by atoms with Gasteiger partial charge in [-0.15, -0.1) is 0 Å². The van der Waals surface area contributed by atoms with Crippen molar-refractivity contribution < 1.29 is 19.1 Å². The maximum absolute atomic E-state index is 11.1. The Hall–Kier alpha value is -1.34. The maximum Gasteiger partial charge on any atom is 0.322 e. The Labute approximate surface area is 86.5 Å². The molecule has 2 aliphatic heterocycles. The van der Waals surface area contributed by atoms with Gasteiger partial charge in [0.2, 0.25) is 0 Å². The van der Waals surface area contributed by atoms with Gasteiger partial charge >= 0.3 is 12.1 Å². The number of hydrogen-bond acceptors (Lipinski definition) is 4. The van der Waals surface area contributed by atoms with Crippen LogP contribution in [0.5, 0.6) is 0 Å². The normalized spacial score (nSPS) is 26.7. The van der Waals surface area contributed by atoms with Gasteiger partial charge in [-0.1, -0.05) is 0 Å². The van der Waals surface area contributed by atoms with Gasteiger partial charge in [0.25, 0.3) is 0 Å². The van der Waals surface area contributed by atoms with Gasteiger partial charge in [0, 0.05) is 13.1 Å². The molecule has 0 saturated carbocycles. The molecule has 0 aliphatic carbocycles. The lowest BCUT2D eigenvalue weighted by atomic mass is 10.5. The summed E-state index contributed by atoms with van der Waals surface area (Å²) in [5.74, 6) is 0. The molecule has 0 bridgehead atoms. The molecule has 0 aromatic carbocycles. The fourth-order valence-corrected chi connectivity index (χ4v) is 0.976. The van der Waals surface area contributed by atoms with E-state index in [4.69, 9.17) is 9.47 Å². The summed E-state index contributed by atoms with van der Waals surface area (Å²) in [6, 6.07) is -1.03. The lowest BCUT2D eigenvalue weighted by molar-refractivity contribution is 0.225. The fraction of sp³-hybridized carbons (Fsp3) is 0.750. The van der Waals surface area contributed by atoms with Crippen LogP contribution >= 0.6 is 0 Å². The van der Waals surface area contributed by atoms with Crippen LogP contribution in [0.15, 0.2) is 0 Å². The van der Waals surface area contributed by atoms with Gasteiger partial charge in [-0.25, -0.2) is 9.59 Å². The number of carbonyl (C=O) groups is 2. The topological polar surface area (TPSA) is 95.3 Å². The largest absolute Gasteiger partial charge is 0.371 e. The minimum absolute atomic E-state index is 0.110. The minimum Gasteiger partial charge on any atom is -0.371 e. The van der Waals surface area contributed by atoms with E-state index in [1.807, 2.05) is 0 Å². The van der Waals surface area contributed by atoms with Crippen LogP contribution in [0.3, 0.4) is 0 Å². The van der Waals surface area contributed by atoms with Crippen LogP contribution < -0.4 is 16.0 Å². The Morgan fingerprint density at radius 3 is 1.73 bits per heavy atom. The van der Waals surface area contributed by atoms with Crippen LogP contribution in [0.1, 0.15) is 0 Å². The molecule has 3 N–H and O–H groups in total. The average molecular weight is 215 g/mol. The zero-order valence-corrected chi connectivity index (χ0v) is 8.12. The first-order valence-corrected chi connectivity index (χ1v) is 4.80. The number of epoxide rings is 2. The van der Waals surface area contributed by atoms with Gasteiger partial charge in [-0.05, 0) is 0 Å². The minimum atomic E-state index is -0.514. The summed E-state index contributed by atoms with van der Waals surface area (Å²) in [4.78, 5) is 22.2. The van der Waals surface area contributed by atoms with Crippen molar-refractivity contribution in [1.29, 1.82) is 0 Å². The van der Waals surface area contributed by atoms with E-state index >= 15 is 0 Å². The SMILES string of the molecule is O=C(NCC1CO1)NC(=O)NCC1CO1. The van der Waals surface area contributed by atoms with Crippen LogP contribution in [0, 0.1) is 0 Å². The van der Waals surface area contributed by atoms with Gasteiger partial charge in [-0.3, -0.25) is 5.32 Å². The lowest BCUT2D eigenvalue weighted by Gasteiger charge is -2.05. The lowest BCUT2D eigenvalue weighted by Crippen LogP contribution is -2.46. The summed E-state index contributed by atoms with van der Waals surface area (Å²) in [5.41, 5.74) is 0. The predicted molar refractivity (Wildman–Crippen MR) is 49.4 cm³/mol. The molecule has 15 heavy (non-hydrogen) atoms. The number of nitrogens with one attached hydrogen (secondary N) is 3. The molecule has 2 heterocycles. The summed E-state index contributed by atoms with van der Waals surface area (Å²) in [7, 11) is 0. The van der Waals surface area contributed by atoms with Gasteiger partial charge in [0.1, 0.15) is 0 Å². The van der Waals surface area contributed by atoms with E-state index in [2.05, 4.69) is 16.0 Å². The number of rotatable bonds is 4. The molecule has 7 nitrogen and oxygen atoms in total. The third kappa shape index (κ3) is 4.13. The van der Waals surface area contributed by atoms with Crippen molar-refractivity contribution in [2.45, 2.75) is 12.2 Å². The van der Waals surface area contributed by atoms with Gasteiger partial charge < -0.3 is 20.1 Å². The Morgan fingerprint density at radius 2 is 1.40 bits per heavy atom. The molecular weight excluding hydrogens is 202 g/mol. The molecule has 4 amide bonds. The highest BCUT2D eigenvalue weighted by molar-refractivity contribution is 5.93. The molecule has 7 heteroatoms. The van der Waals surface area contributed by atoms with Gasteiger partial charge in [0.15, 0.2) is 0 Å². The number of urea groups is 2. The number of hydrogen-bond donors (Lipinski definition) is 3. The highest BCUT2D eigenvalue weighted by Crippen LogP contribution is 2.06. The molecule has 0 aromatic rings. The van der Waals surface area contributed by atoms with Gasteiger partial charge in [0.05, 0.1) is 25.4 Å². The smallest absolute Gasteiger partial charge is 0.322 e. The molecule has 2 aliphatic rings. The third-order valence-electron chi connectivity index (χ3n) is 2.01. The number of amides is 4. The standard InChI is InChI=1S/C8H13N3O4/c12-7(9-1-5-3-14-5)11-8(13)10-2-6-4-15-6/h5-6H,1-4H2,(H3,9,10,11,12,13). The Bertz CT molecular complexity index is 237. The Balaban J connectivity index is 1.52. The first-order valence-electron chi connectivity index (χ1n) is 4.80. The number of carbonyl (C=O) groups excluding carboxylic acids is 2. The van der Waals surface area contributed by atoms with E-state index < -0.39 is 12.1 Å². The second-order valence-corrected chi connectivity index (χ2v) is 3.46. The first-order chi connectivity index (χ1) is 7.24. The summed E-state index contributed by atoms with van der Waals surface area (Å²) in [6.45, 7) is 2.21. The van der Waals surface area contributed by atoms with Crippen LogP contribution in [-0.2, 0) is 9.47 Å². The molecule has 2 fully saturated rings. The monoisotopic (exact) mass is 215 g/mol. The molecular formula is C8H13N3O4. The Kier molecular flexibility index (Phi) is 3.02. The van der Waals surface area contributed by atoms with Gasteiger partial charge in [-0.2, -0.15) is 0 Å². The van der Waals surface area contributed by atoms with Crippen LogP contribution in [-0.4, -0.2) is 50.6 Å². The highest BCUT2D eigenvalue weighted by atomic mass is 16.6. The number of ether oxygens (including phenoxy) is 2. The second-order valence-electron chi connectivity index (χ2n) is 3.46. The average Bonchev–Trinajstić information content (AvgIpc) is 3.04. The zero-order chi connectivity index (χ0) is 10.7. The van der Waals surface area contributed by atoms with Crippen LogP contribution in [0.25, 0.3) is 0 Å². The molecule has 2 atom stereocenters. The fourth-order valence-electron chi connectivity index (χ4n) is 0.976. The van der Waals surface area contributed by atoms with Crippen molar-refractivity contribution in [3.05, 3.63) is 0 Å². The van der Waals surface area contributed by atoms with Crippen molar-refractivity contribution in [3.8, 4) is 0 Å². The van der Waals surface area contributed by atoms with E-state index in [1.54, 1.807) is 0 Å². The van der Waals surface area contributed by atoms with Crippen molar-refractivity contribution >= 4 is 12.1 Å². The van der Waals surface area contributed by atoms with Crippen LogP contribution in [0.2, 0.25) is 0 Å². The van der Waals surface area contributed by atoms with E-state index in [0.717, 1.165) is 0 Å². The number of imide groups is 1. The van der Waals surface area contributed by atoms with E-state index in [0.29, 0.717) is 26.3 Å². The molecule has 0 aromatic heterocycles. The van der Waals surface area contributed by atoms with Crippen molar-refractivity contribution in [2.75, 3.05) is 26.3 Å². The molecule has 84 valence electrons. The summed E-state index contributed by atoms with van der Waals surface area (Å²) in [5, 5.41) is 7.16. The van der Waals surface area contributed by atoms with E-state index in [1.165, 1.54) is 0 Å². The molecule has 2 saturated heterocycles. The van der Waals surface area contributed by atoms with Crippen molar-refractivity contribution in [3.63, 3.8) is 0 Å². The van der Waals surface area contributed by atoms with Crippen molar-refractivity contribution in [1.82, 2.24) is 16.0 Å². The quantitative estimate of drug-likeness (QED) is 0.513. The second kappa shape index (κ2) is 4.45. The molecule has 2 rings (SSSR count). The summed E-state index contributed by atoms with van der Waals surface area (Å²) < 4.78 is 9.78.